The topological polar surface area (TPSA) is 3.24 Å². The van der Waals surface area contributed by atoms with Gasteiger partial charge in [0.1, 0.15) is 0 Å². The summed E-state index contributed by atoms with van der Waals surface area (Å²) < 4.78 is 0. The molecule has 0 heterocycles. The molecule has 0 saturated heterocycles. The third kappa shape index (κ3) is 3.27. The van der Waals surface area contributed by atoms with E-state index in [1.807, 2.05) is 12.1 Å². The predicted octanol–water partition coefficient (Wildman–Crippen LogP) is 4.14. The molecule has 1 nitrogen and oxygen atoms in total. The van der Waals surface area contributed by atoms with Crippen LogP contribution in [0.2, 0.25) is 0 Å². The van der Waals surface area contributed by atoms with Gasteiger partial charge in [0.05, 0.1) is 0 Å². The SMILES string of the molecule is SCCCN(c1ccccc1)c1ccccc1. The molecule has 88 valence electrons. The summed E-state index contributed by atoms with van der Waals surface area (Å²) in [7, 11) is 0. The van der Waals surface area contributed by atoms with E-state index in [9.17, 15) is 0 Å². The lowest BCUT2D eigenvalue weighted by Gasteiger charge is -2.24. The second-order valence-electron chi connectivity index (χ2n) is 3.90. The van der Waals surface area contributed by atoms with Crippen molar-refractivity contribution in [2.24, 2.45) is 0 Å². The minimum absolute atomic E-state index is 0.913. The number of hydrogen-bond donors (Lipinski definition) is 1. The van der Waals surface area contributed by atoms with Crippen molar-refractivity contribution in [3.63, 3.8) is 0 Å². The highest BCUT2D eigenvalue weighted by atomic mass is 32.1. The van der Waals surface area contributed by atoms with Gasteiger partial charge < -0.3 is 4.90 Å². The second-order valence-corrected chi connectivity index (χ2v) is 4.35. The zero-order valence-electron chi connectivity index (χ0n) is 9.79. The Balaban J connectivity index is 2.26. The molecule has 0 atom stereocenters. The van der Waals surface area contributed by atoms with E-state index in [1.165, 1.54) is 11.4 Å². The molecule has 0 aliphatic carbocycles. The lowest BCUT2D eigenvalue weighted by Crippen LogP contribution is -2.18. The molecule has 17 heavy (non-hydrogen) atoms. The molecule has 0 unspecified atom stereocenters. The lowest BCUT2D eigenvalue weighted by molar-refractivity contribution is 0.896. The first-order chi connectivity index (χ1) is 8.42. The molecule has 0 saturated carbocycles. The number of thiol groups is 1. The van der Waals surface area contributed by atoms with Crippen molar-refractivity contribution in [2.75, 3.05) is 17.2 Å². The smallest absolute Gasteiger partial charge is 0.0410 e. The van der Waals surface area contributed by atoms with Crippen molar-refractivity contribution >= 4 is 24.0 Å². The van der Waals surface area contributed by atoms with E-state index < -0.39 is 0 Å². The Morgan fingerprint density at radius 1 is 0.765 bits per heavy atom. The Morgan fingerprint density at radius 2 is 1.24 bits per heavy atom. The summed E-state index contributed by atoms with van der Waals surface area (Å²) in [6.45, 7) is 0.998. The van der Waals surface area contributed by atoms with Crippen LogP contribution < -0.4 is 4.90 Å². The van der Waals surface area contributed by atoms with E-state index in [1.54, 1.807) is 0 Å². The number of hydrogen-bond acceptors (Lipinski definition) is 2. The minimum atomic E-state index is 0.913. The Hall–Kier alpha value is -1.41. The summed E-state index contributed by atoms with van der Waals surface area (Å²) in [4.78, 5) is 2.33. The van der Waals surface area contributed by atoms with Gasteiger partial charge in [-0.05, 0) is 36.4 Å². The molecule has 0 radical (unpaired) electrons. The lowest BCUT2D eigenvalue weighted by atomic mass is 10.2. The number of benzene rings is 2. The molecule has 2 aromatic carbocycles. The maximum Gasteiger partial charge on any atom is 0.0410 e. The molecule has 2 rings (SSSR count). The standard InChI is InChI=1S/C15H17NS/c17-13-7-12-16(14-8-3-1-4-9-14)15-10-5-2-6-11-15/h1-6,8-11,17H,7,12-13H2. The fraction of sp³-hybridized carbons (Fsp3) is 0.200. The normalized spacial score (nSPS) is 10.2. The van der Waals surface area contributed by atoms with Crippen molar-refractivity contribution in [3.05, 3.63) is 60.7 Å². The van der Waals surface area contributed by atoms with E-state index in [-0.39, 0.29) is 0 Å². The average Bonchev–Trinajstić information content (AvgIpc) is 2.42. The van der Waals surface area contributed by atoms with Crippen molar-refractivity contribution in [3.8, 4) is 0 Å². The van der Waals surface area contributed by atoms with E-state index >= 15 is 0 Å². The Bertz CT molecular complexity index is 388. The van der Waals surface area contributed by atoms with Crippen LogP contribution in [0.1, 0.15) is 6.42 Å². The summed E-state index contributed by atoms with van der Waals surface area (Å²) in [6.07, 6.45) is 1.08. The number of nitrogens with zero attached hydrogens (tertiary/aromatic N) is 1. The van der Waals surface area contributed by atoms with Crippen LogP contribution in [-0.4, -0.2) is 12.3 Å². The summed E-state index contributed by atoms with van der Waals surface area (Å²) in [5, 5.41) is 0. The third-order valence-electron chi connectivity index (χ3n) is 2.68. The van der Waals surface area contributed by atoms with Crippen LogP contribution in [0, 0.1) is 0 Å². The molecule has 0 fully saturated rings. The van der Waals surface area contributed by atoms with Gasteiger partial charge in [-0.25, -0.2) is 0 Å². The van der Waals surface area contributed by atoms with Gasteiger partial charge in [-0.15, -0.1) is 0 Å². The number of anilines is 2. The Morgan fingerprint density at radius 3 is 1.65 bits per heavy atom. The summed E-state index contributed by atoms with van der Waals surface area (Å²) in [5.74, 6) is 0.913. The first kappa shape index (κ1) is 12.1. The average molecular weight is 243 g/mol. The first-order valence-corrected chi connectivity index (χ1v) is 6.53. The van der Waals surface area contributed by atoms with E-state index in [0.717, 1.165) is 18.7 Å². The van der Waals surface area contributed by atoms with Crippen LogP contribution in [0.3, 0.4) is 0 Å². The highest BCUT2D eigenvalue weighted by Gasteiger charge is 2.07. The monoisotopic (exact) mass is 243 g/mol. The van der Waals surface area contributed by atoms with Gasteiger partial charge in [0.2, 0.25) is 0 Å². The summed E-state index contributed by atoms with van der Waals surface area (Å²) >= 11 is 4.29. The molecule has 0 amide bonds. The number of rotatable bonds is 5. The van der Waals surface area contributed by atoms with Gasteiger partial charge in [-0.2, -0.15) is 12.6 Å². The summed E-state index contributed by atoms with van der Waals surface area (Å²) in [5.41, 5.74) is 2.47. The van der Waals surface area contributed by atoms with Crippen LogP contribution >= 0.6 is 12.6 Å². The number of para-hydroxylation sites is 2. The molecule has 0 bridgehead atoms. The fourth-order valence-electron chi connectivity index (χ4n) is 1.85. The molecular formula is C15H17NS. The fourth-order valence-corrected chi connectivity index (χ4v) is 1.99. The van der Waals surface area contributed by atoms with E-state index in [2.05, 4.69) is 66.1 Å². The first-order valence-electron chi connectivity index (χ1n) is 5.90. The maximum absolute atomic E-state index is 4.29. The maximum atomic E-state index is 4.29. The van der Waals surface area contributed by atoms with Gasteiger partial charge >= 0.3 is 0 Å². The molecule has 0 aliphatic rings. The van der Waals surface area contributed by atoms with Crippen LogP contribution in [0.15, 0.2) is 60.7 Å². The molecule has 0 aromatic heterocycles. The van der Waals surface area contributed by atoms with Crippen molar-refractivity contribution in [2.45, 2.75) is 6.42 Å². The van der Waals surface area contributed by atoms with Crippen molar-refractivity contribution in [1.29, 1.82) is 0 Å². The highest BCUT2D eigenvalue weighted by Crippen LogP contribution is 2.24. The largest absolute Gasteiger partial charge is 0.341 e. The van der Waals surface area contributed by atoms with Gasteiger partial charge in [0, 0.05) is 17.9 Å². The molecule has 0 spiro atoms. The molecule has 0 N–H and O–H groups in total. The molecular weight excluding hydrogens is 226 g/mol. The minimum Gasteiger partial charge on any atom is -0.341 e. The van der Waals surface area contributed by atoms with E-state index in [4.69, 9.17) is 0 Å². The van der Waals surface area contributed by atoms with Crippen molar-refractivity contribution < 1.29 is 0 Å². The van der Waals surface area contributed by atoms with Crippen LogP contribution in [0.25, 0.3) is 0 Å². The molecule has 2 heteroatoms. The molecule has 0 aliphatic heterocycles. The predicted molar refractivity (Wildman–Crippen MR) is 78.4 cm³/mol. The second kappa shape index (κ2) is 6.36. The van der Waals surface area contributed by atoms with Crippen molar-refractivity contribution in [1.82, 2.24) is 0 Å². The Labute approximate surface area is 108 Å². The van der Waals surface area contributed by atoms with Gasteiger partial charge in [0.15, 0.2) is 0 Å². The summed E-state index contributed by atoms with van der Waals surface area (Å²) in [6, 6.07) is 21.0. The van der Waals surface area contributed by atoms with Crippen LogP contribution in [-0.2, 0) is 0 Å². The van der Waals surface area contributed by atoms with Crippen LogP contribution in [0.5, 0.6) is 0 Å². The highest BCUT2D eigenvalue weighted by molar-refractivity contribution is 7.80. The Kier molecular flexibility index (Phi) is 4.51. The van der Waals surface area contributed by atoms with E-state index in [0.29, 0.717) is 0 Å². The zero-order valence-corrected chi connectivity index (χ0v) is 10.7. The molecule has 2 aromatic rings. The van der Waals surface area contributed by atoms with Crippen LogP contribution in [0.4, 0.5) is 11.4 Å². The third-order valence-corrected chi connectivity index (χ3v) is 2.99. The quantitative estimate of drug-likeness (QED) is 0.772. The van der Waals surface area contributed by atoms with Gasteiger partial charge in [-0.1, -0.05) is 36.4 Å². The van der Waals surface area contributed by atoms with Gasteiger partial charge in [0.25, 0.3) is 0 Å². The van der Waals surface area contributed by atoms with Gasteiger partial charge in [-0.3, -0.25) is 0 Å². The zero-order chi connectivity index (χ0) is 11.9.